The molecular formula is C10H15NO2S. The van der Waals surface area contributed by atoms with Crippen molar-refractivity contribution < 1.29 is 9.59 Å². The van der Waals surface area contributed by atoms with Crippen LogP contribution >= 0.6 is 11.8 Å². The van der Waals surface area contributed by atoms with Gasteiger partial charge in [0.1, 0.15) is 0 Å². The average molecular weight is 213 g/mol. The van der Waals surface area contributed by atoms with Gasteiger partial charge in [0.25, 0.3) is 5.24 Å². The van der Waals surface area contributed by atoms with E-state index in [0.717, 1.165) is 25.7 Å². The highest BCUT2D eigenvalue weighted by molar-refractivity contribution is 8.15. The van der Waals surface area contributed by atoms with Crippen molar-refractivity contribution in [3.05, 3.63) is 0 Å². The number of hydrogen-bond donors (Lipinski definition) is 0. The maximum Gasteiger partial charge on any atom is 0.289 e. The summed E-state index contributed by atoms with van der Waals surface area (Å²) in [6.07, 6.45) is 5.56. The molecule has 2 fully saturated rings. The Balaban J connectivity index is 2.08. The third-order valence-electron chi connectivity index (χ3n) is 3.00. The van der Waals surface area contributed by atoms with E-state index in [1.807, 2.05) is 6.92 Å². The molecule has 0 aromatic rings. The van der Waals surface area contributed by atoms with Crippen LogP contribution in [0, 0.1) is 0 Å². The lowest BCUT2D eigenvalue weighted by Gasteiger charge is -2.28. The monoisotopic (exact) mass is 213 g/mol. The predicted octanol–water partition coefficient (Wildman–Crippen LogP) is 2.40. The number of imide groups is 1. The smallest absolute Gasteiger partial charge is 0.273 e. The van der Waals surface area contributed by atoms with Crippen molar-refractivity contribution in [2.75, 3.05) is 0 Å². The molecule has 0 bridgehead atoms. The van der Waals surface area contributed by atoms with Gasteiger partial charge in [-0.1, -0.05) is 31.0 Å². The molecule has 14 heavy (non-hydrogen) atoms. The lowest BCUT2D eigenvalue weighted by Crippen LogP contribution is -2.41. The Labute approximate surface area is 88.2 Å². The number of thioether (sulfide) groups is 1. The van der Waals surface area contributed by atoms with Crippen LogP contribution in [0.5, 0.6) is 0 Å². The van der Waals surface area contributed by atoms with E-state index in [0.29, 0.717) is 0 Å². The highest BCUT2D eigenvalue weighted by Crippen LogP contribution is 2.33. The van der Waals surface area contributed by atoms with E-state index in [2.05, 4.69) is 0 Å². The molecule has 78 valence electrons. The Bertz CT molecular complexity index is 261. The summed E-state index contributed by atoms with van der Waals surface area (Å²) in [5, 5.41) is -0.196. The SMILES string of the molecule is CC1SC(=O)N(C2CCCCC2)C1=O. The molecule has 1 saturated heterocycles. The molecule has 0 aromatic carbocycles. The van der Waals surface area contributed by atoms with E-state index in [9.17, 15) is 9.59 Å². The van der Waals surface area contributed by atoms with Crippen LogP contribution in [0.25, 0.3) is 0 Å². The van der Waals surface area contributed by atoms with Crippen molar-refractivity contribution in [1.29, 1.82) is 0 Å². The Kier molecular flexibility index (Phi) is 2.81. The third-order valence-corrected chi connectivity index (χ3v) is 3.95. The Morgan fingerprint density at radius 1 is 1.21 bits per heavy atom. The maximum atomic E-state index is 11.7. The molecule has 1 heterocycles. The molecule has 1 aliphatic heterocycles. The van der Waals surface area contributed by atoms with Gasteiger partial charge in [-0.15, -0.1) is 0 Å². The van der Waals surface area contributed by atoms with Crippen LogP contribution in [0.15, 0.2) is 0 Å². The number of hydrogen-bond acceptors (Lipinski definition) is 3. The minimum Gasteiger partial charge on any atom is -0.273 e. The second kappa shape index (κ2) is 3.93. The highest BCUT2D eigenvalue weighted by atomic mass is 32.2. The van der Waals surface area contributed by atoms with Gasteiger partial charge in [-0.3, -0.25) is 14.5 Å². The first-order valence-corrected chi connectivity index (χ1v) is 6.12. The normalized spacial score (nSPS) is 30.1. The van der Waals surface area contributed by atoms with Gasteiger partial charge in [-0.25, -0.2) is 0 Å². The maximum absolute atomic E-state index is 11.7. The molecule has 4 heteroatoms. The molecule has 0 radical (unpaired) electrons. The zero-order valence-electron chi connectivity index (χ0n) is 8.36. The first kappa shape index (κ1) is 10.0. The minimum atomic E-state index is -0.163. The second-order valence-corrected chi connectivity index (χ2v) is 5.32. The van der Waals surface area contributed by atoms with Gasteiger partial charge in [-0.2, -0.15) is 0 Å². The number of amides is 2. The summed E-state index contributed by atoms with van der Waals surface area (Å²) in [4.78, 5) is 24.8. The van der Waals surface area contributed by atoms with Crippen LogP contribution < -0.4 is 0 Å². The lowest BCUT2D eigenvalue weighted by atomic mass is 9.94. The summed E-state index contributed by atoms with van der Waals surface area (Å²) in [5.41, 5.74) is 0. The van der Waals surface area contributed by atoms with E-state index in [4.69, 9.17) is 0 Å². The van der Waals surface area contributed by atoms with Crippen LogP contribution in [-0.4, -0.2) is 27.3 Å². The summed E-state index contributed by atoms with van der Waals surface area (Å²) in [6, 6.07) is 0.196. The van der Waals surface area contributed by atoms with Crippen LogP contribution in [0.1, 0.15) is 39.0 Å². The van der Waals surface area contributed by atoms with Crippen molar-refractivity contribution >= 4 is 22.9 Å². The van der Waals surface area contributed by atoms with Crippen molar-refractivity contribution in [1.82, 2.24) is 4.90 Å². The zero-order valence-corrected chi connectivity index (χ0v) is 9.18. The zero-order chi connectivity index (χ0) is 10.1. The molecule has 2 amide bonds. The van der Waals surface area contributed by atoms with Crippen molar-refractivity contribution in [3.8, 4) is 0 Å². The average Bonchev–Trinajstić information content (AvgIpc) is 2.43. The number of nitrogens with zero attached hydrogens (tertiary/aromatic N) is 1. The fourth-order valence-electron chi connectivity index (χ4n) is 2.21. The number of rotatable bonds is 1. The number of carbonyl (C=O) groups is 2. The van der Waals surface area contributed by atoms with Crippen molar-refractivity contribution in [3.63, 3.8) is 0 Å². The lowest BCUT2D eigenvalue weighted by molar-refractivity contribution is -0.128. The Hall–Kier alpha value is -0.510. The summed E-state index contributed by atoms with van der Waals surface area (Å²) in [5.74, 6) is 0.0203. The molecule has 0 aromatic heterocycles. The van der Waals surface area contributed by atoms with Crippen molar-refractivity contribution in [2.24, 2.45) is 0 Å². The number of carbonyl (C=O) groups excluding carboxylic acids is 2. The fourth-order valence-corrected chi connectivity index (χ4v) is 3.08. The minimum absolute atomic E-state index is 0.0203. The van der Waals surface area contributed by atoms with E-state index in [1.54, 1.807) is 0 Å². The van der Waals surface area contributed by atoms with Gasteiger partial charge in [-0.05, 0) is 19.8 Å². The molecule has 2 rings (SSSR count). The van der Waals surface area contributed by atoms with Crippen LogP contribution in [0.3, 0.4) is 0 Å². The third kappa shape index (κ3) is 1.67. The molecule has 1 unspecified atom stereocenters. The van der Waals surface area contributed by atoms with E-state index >= 15 is 0 Å². The van der Waals surface area contributed by atoms with Gasteiger partial charge in [0.2, 0.25) is 5.91 Å². The molecule has 0 N–H and O–H groups in total. The summed E-state index contributed by atoms with van der Waals surface area (Å²) in [7, 11) is 0. The summed E-state index contributed by atoms with van der Waals surface area (Å²) >= 11 is 1.17. The predicted molar refractivity (Wildman–Crippen MR) is 56.2 cm³/mol. The van der Waals surface area contributed by atoms with Crippen LogP contribution in [0.4, 0.5) is 4.79 Å². The van der Waals surface area contributed by atoms with Crippen LogP contribution in [0.2, 0.25) is 0 Å². The Morgan fingerprint density at radius 3 is 2.36 bits per heavy atom. The first-order chi connectivity index (χ1) is 6.70. The quantitative estimate of drug-likeness (QED) is 0.671. The van der Waals surface area contributed by atoms with Gasteiger partial charge >= 0.3 is 0 Å². The largest absolute Gasteiger partial charge is 0.289 e. The van der Waals surface area contributed by atoms with Crippen molar-refractivity contribution in [2.45, 2.75) is 50.3 Å². The molecule has 1 saturated carbocycles. The fraction of sp³-hybridized carbons (Fsp3) is 0.800. The molecule has 0 spiro atoms. The van der Waals surface area contributed by atoms with E-state index in [-0.39, 0.29) is 22.4 Å². The molecule has 1 atom stereocenters. The van der Waals surface area contributed by atoms with E-state index in [1.165, 1.54) is 23.1 Å². The Morgan fingerprint density at radius 2 is 1.86 bits per heavy atom. The van der Waals surface area contributed by atoms with Gasteiger partial charge < -0.3 is 0 Å². The summed E-state index contributed by atoms with van der Waals surface area (Å²) < 4.78 is 0. The molecule has 2 aliphatic rings. The van der Waals surface area contributed by atoms with Gasteiger partial charge in [0.15, 0.2) is 0 Å². The van der Waals surface area contributed by atoms with Crippen LogP contribution in [-0.2, 0) is 4.79 Å². The topological polar surface area (TPSA) is 37.4 Å². The molecular weight excluding hydrogens is 198 g/mol. The van der Waals surface area contributed by atoms with E-state index < -0.39 is 0 Å². The van der Waals surface area contributed by atoms with Gasteiger partial charge in [0.05, 0.1) is 5.25 Å². The first-order valence-electron chi connectivity index (χ1n) is 5.24. The van der Waals surface area contributed by atoms with Gasteiger partial charge in [0, 0.05) is 6.04 Å². The molecule has 3 nitrogen and oxygen atoms in total. The standard InChI is InChI=1S/C10H15NO2S/c1-7-9(12)11(10(13)14-7)8-5-3-2-4-6-8/h7-8H,2-6H2,1H3. The summed E-state index contributed by atoms with van der Waals surface area (Å²) in [6.45, 7) is 1.81. The second-order valence-electron chi connectivity index (χ2n) is 4.03. The molecule has 1 aliphatic carbocycles. The highest BCUT2D eigenvalue weighted by Gasteiger charge is 2.40.